The van der Waals surface area contributed by atoms with Gasteiger partial charge in [-0.1, -0.05) is 0 Å². The summed E-state index contributed by atoms with van der Waals surface area (Å²) in [6.45, 7) is 1.63. The van der Waals surface area contributed by atoms with E-state index in [1.165, 1.54) is 18.2 Å². The average Bonchev–Trinajstić information content (AvgIpc) is 2.38. The third kappa shape index (κ3) is 3.50. The summed E-state index contributed by atoms with van der Waals surface area (Å²) in [5.74, 6) is -0.794. The Balaban J connectivity index is 2.19. The molecule has 0 saturated carbocycles. The molecule has 1 heterocycles. The van der Waals surface area contributed by atoms with Crippen molar-refractivity contribution in [1.29, 1.82) is 0 Å². The minimum atomic E-state index is -4.43. The Morgan fingerprint density at radius 3 is 2.43 bits per heavy atom. The third-order valence-electron chi connectivity index (χ3n) is 2.82. The number of nitrogens with zero attached hydrogens (tertiary/aromatic N) is 1. The molecule has 2 N–H and O–H groups in total. The maximum atomic E-state index is 12.4. The smallest absolute Gasteiger partial charge is 0.417 e. The van der Waals surface area contributed by atoms with Gasteiger partial charge in [0.15, 0.2) is 0 Å². The molecule has 0 fully saturated rings. The van der Waals surface area contributed by atoms with E-state index in [1.54, 1.807) is 13.0 Å². The Morgan fingerprint density at radius 1 is 1.24 bits per heavy atom. The highest BCUT2D eigenvalue weighted by atomic mass is 19.4. The van der Waals surface area contributed by atoms with Crippen molar-refractivity contribution in [2.75, 3.05) is 5.32 Å². The highest BCUT2D eigenvalue weighted by Crippen LogP contribution is 2.29. The number of pyridine rings is 1. The summed E-state index contributed by atoms with van der Waals surface area (Å²) >= 11 is 0. The molecule has 0 spiro atoms. The van der Waals surface area contributed by atoms with Crippen LogP contribution in [0.5, 0.6) is 0 Å². The van der Waals surface area contributed by atoms with Crippen LogP contribution in [0, 0.1) is 6.92 Å². The Labute approximate surface area is 118 Å². The number of carbonyl (C=O) groups is 1. The van der Waals surface area contributed by atoms with Crippen molar-refractivity contribution < 1.29 is 23.1 Å². The second-order valence-electron chi connectivity index (χ2n) is 4.39. The van der Waals surface area contributed by atoms with Gasteiger partial charge in [0.05, 0.1) is 11.1 Å². The first-order chi connectivity index (χ1) is 9.77. The lowest BCUT2D eigenvalue weighted by molar-refractivity contribution is -0.137. The van der Waals surface area contributed by atoms with Crippen molar-refractivity contribution in [3.8, 4) is 0 Å². The van der Waals surface area contributed by atoms with E-state index in [1.807, 2.05) is 0 Å². The van der Waals surface area contributed by atoms with E-state index in [2.05, 4.69) is 10.3 Å². The van der Waals surface area contributed by atoms with Crippen LogP contribution in [-0.4, -0.2) is 16.1 Å². The molecule has 0 atom stereocenters. The lowest BCUT2D eigenvalue weighted by Crippen LogP contribution is -2.06. The first-order valence-corrected chi connectivity index (χ1v) is 5.91. The summed E-state index contributed by atoms with van der Waals surface area (Å²) in [4.78, 5) is 14.6. The second-order valence-corrected chi connectivity index (χ2v) is 4.39. The maximum absolute atomic E-state index is 12.4. The quantitative estimate of drug-likeness (QED) is 0.903. The Hall–Kier alpha value is -2.57. The molecule has 4 nitrogen and oxygen atoms in total. The minimum absolute atomic E-state index is 0.168. The molecule has 21 heavy (non-hydrogen) atoms. The SMILES string of the molecule is Cc1cc(Nc2ccc(C(F)(F)F)cn2)ccc1C(=O)O. The molecule has 1 aromatic heterocycles. The molecule has 110 valence electrons. The van der Waals surface area contributed by atoms with Gasteiger partial charge < -0.3 is 10.4 Å². The lowest BCUT2D eigenvalue weighted by atomic mass is 10.1. The number of hydrogen-bond donors (Lipinski definition) is 2. The molecular weight excluding hydrogens is 285 g/mol. The summed E-state index contributed by atoms with van der Waals surface area (Å²) in [7, 11) is 0. The van der Waals surface area contributed by atoms with Gasteiger partial charge in [-0.3, -0.25) is 0 Å². The molecule has 1 aromatic carbocycles. The first kappa shape index (κ1) is 14.8. The number of rotatable bonds is 3. The highest BCUT2D eigenvalue weighted by Gasteiger charge is 2.30. The van der Waals surface area contributed by atoms with E-state index in [0.717, 1.165) is 12.3 Å². The van der Waals surface area contributed by atoms with E-state index < -0.39 is 17.7 Å². The van der Waals surface area contributed by atoms with Crippen LogP contribution in [0.4, 0.5) is 24.7 Å². The Morgan fingerprint density at radius 2 is 1.95 bits per heavy atom. The van der Waals surface area contributed by atoms with Crippen LogP contribution in [0.3, 0.4) is 0 Å². The van der Waals surface area contributed by atoms with Crippen LogP contribution in [0.15, 0.2) is 36.5 Å². The average molecular weight is 296 g/mol. The van der Waals surface area contributed by atoms with Gasteiger partial charge in [-0.25, -0.2) is 9.78 Å². The van der Waals surface area contributed by atoms with E-state index in [9.17, 15) is 18.0 Å². The maximum Gasteiger partial charge on any atom is 0.417 e. The van der Waals surface area contributed by atoms with Crippen molar-refractivity contribution >= 4 is 17.5 Å². The van der Waals surface area contributed by atoms with Crippen molar-refractivity contribution in [1.82, 2.24) is 4.98 Å². The van der Waals surface area contributed by atoms with Gasteiger partial charge in [0, 0.05) is 11.9 Å². The van der Waals surface area contributed by atoms with Crippen LogP contribution in [0.25, 0.3) is 0 Å². The fraction of sp³-hybridized carbons (Fsp3) is 0.143. The number of halogens is 3. The molecule has 0 aliphatic rings. The van der Waals surface area contributed by atoms with Crippen molar-refractivity contribution in [3.05, 3.63) is 53.2 Å². The zero-order valence-electron chi connectivity index (χ0n) is 10.9. The topological polar surface area (TPSA) is 62.2 Å². The van der Waals surface area contributed by atoms with Gasteiger partial charge in [0.1, 0.15) is 5.82 Å². The number of benzene rings is 1. The van der Waals surface area contributed by atoms with E-state index in [0.29, 0.717) is 11.3 Å². The molecule has 2 rings (SSSR count). The van der Waals surface area contributed by atoms with Crippen molar-refractivity contribution in [2.45, 2.75) is 13.1 Å². The van der Waals surface area contributed by atoms with Gasteiger partial charge >= 0.3 is 12.1 Å². The summed E-state index contributed by atoms with van der Waals surface area (Å²) in [6.07, 6.45) is -3.69. The van der Waals surface area contributed by atoms with Crippen LogP contribution < -0.4 is 5.32 Å². The largest absolute Gasteiger partial charge is 0.478 e. The van der Waals surface area contributed by atoms with E-state index in [-0.39, 0.29) is 11.4 Å². The van der Waals surface area contributed by atoms with E-state index >= 15 is 0 Å². The second kappa shape index (κ2) is 5.43. The number of aryl methyl sites for hydroxylation is 1. The van der Waals surface area contributed by atoms with Gasteiger partial charge in [-0.05, 0) is 42.8 Å². The Kier molecular flexibility index (Phi) is 3.84. The molecule has 0 bridgehead atoms. The summed E-state index contributed by atoms with van der Waals surface area (Å²) in [5, 5.41) is 11.7. The number of nitrogens with one attached hydrogen (secondary N) is 1. The zero-order chi connectivity index (χ0) is 15.6. The van der Waals surface area contributed by atoms with Gasteiger partial charge in [-0.2, -0.15) is 13.2 Å². The number of aromatic carboxylic acids is 1. The van der Waals surface area contributed by atoms with Gasteiger partial charge in [-0.15, -0.1) is 0 Å². The van der Waals surface area contributed by atoms with Gasteiger partial charge in [0.25, 0.3) is 0 Å². The molecule has 0 saturated heterocycles. The van der Waals surface area contributed by atoms with E-state index in [4.69, 9.17) is 5.11 Å². The zero-order valence-corrected chi connectivity index (χ0v) is 10.9. The van der Waals surface area contributed by atoms with Crippen molar-refractivity contribution in [2.24, 2.45) is 0 Å². The first-order valence-electron chi connectivity index (χ1n) is 5.91. The van der Waals surface area contributed by atoms with Crippen molar-refractivity contribution in [3.63, 3.8) is 0 Å². The predicted molar refractivity (Wildman–Crippen MR) is 70.7 cm³/mol. The normalized spacial score (nSPS) is 11.2. The lowest BCUT2D eigenvalue weighted by Gasteiger charge is -2.10. The monoisotopic (exact) mass is 296 g/mol. The van der Waals surface area contributed by atoms with Crippen LogP contribution in [-0.2, 0) is 6.18 Å². The van der Waals surface area contributed by atoms with Crippen LogP contribution in [0.1, 0.15) is 21.5 Å². The molecule has 0 amide bonds. The Bertz CT molecular complexity index is 667. The number of anilines is 2. The summed E-state index contributed by atoms with van der Waals surface area (Å²) < 4.78 is 37.2. The number of carboxylic acid groups (broad SMARTS) is 1. The minimum Gasteiger partial charge on any atom is -0.478 e. The molecule has 2 aromatic rings. The predicted octanol–water partition coefficient (Wildman–Crippen LogP) is 3.85. The number of hydrogen-bond acceptors (Lipinski definition) is 3. The summed E-state index contributed by atoms with van der Waals surface area (Å²) in [6, 6.07) is 6.67. The number of alkyl halides is 3. The van der Waals surface area contributed by atoms with Crippen LogP contribution in [0.2, 0.25) is 0 Å². The molecule has 0 unspecified atom stereocenters. The standard InChI is InChI=1S/C14H11F3N2O2/c1-8-6-10(3-4-11(8)13(20)21)19-12-5-2-9(7-18-12)14(15,16)17/h2-7H,1H3,(H,18,19)(H,20,21). The summed E-state index contributed by atoms with van der Waals surface area (Å²) in [5.41, 5.74) is 0.426. The molecule has 0 aliphatic heterocycles. The fourth-order valence-electron chi connectivity index (χ4n) is 1.76. The van der Waals surface area contributed by atoms with Gasteiger partial charge in [0.2, 0.25) is 0 Å². The van der Waals surface area contributed by atoms with Crippen LogP contribution >= 0.6 is 0 Å². The molecule has 0 aliphatic carbocycles. The number of aromatic nitrogens is 1. The fourth-order valence-corrected chi connectivity index (χ4v) is 1.76. The highest BCUT2D eigenvalue weighted by molar-refractivity contribution is 5.90. The number of carboxylic acids is 1. The molecular formula is C14H11F3N2O2. The molecule has 0 radical (unpaired) electrons. The third-order valence-corrected chi connectivity index (χ3v) is 2.82. The molecule has 7 heteroatoms.